The Hall–Kier alpha value is -2.00. The largest absolute Gasteiger partial charge is 0.456 e. The lowest BCUT2D eigenvalue weighted by molar-refractivity contribution is -0.386. The highest BCUT2D eigenvalue weighted by molar-refractivity contribution is 7.86. The van der Waals surface area contributed by atoms with Crippen LogP contribution in [-0.4, -0.2) is 31.2 Å². The Morgan fingerprint density at radius 2 is 1.92 bits per heavy atom. The van der Waals surface area contributed by atoms with Gasteiger partial charge in [-0.25, -0.2) is 4.79 Å². The highest BCUT2D eigenvalue weighted by atomic mass is 32.2. The van der Waals surface area contributed by atoms with E-state index in [1.807, 2.05) is 0 Å². The smallest absolute Gasteiger partial charge is 0.345 e. The van der Waals surface area contributed by atoms with Crippen LogP contribution in [0.4, 0.5) is 5.69 Å². The van der Waals surface area contributed by atoms with Gasteiger partial charge in [0.1, 0.15) is 17.3 Å². The molecule has 134 valence electrons. The Morgan fingerprint density at radius 1 is 1.33 bits per heavy atom. The van der Waals surface area contributed by atoms with E-state index in [2.05, 4.69) is 0 Å². The van der Waals surface area contributed by atoms with E-state index >= 15 is 0 Å². The molecular weight excluding hydrogens is 338 g/mol. The second kappa shape index (κ2) is 7.27. The molecule has 0 radical (unpaired) electrons. The third-order valence-corrected chi connectivity index (χ3v) is 3.46. The van der Waals surface area contributed by atoms with Crippen LogP contribution in [0.3, 0.4) is 0 Å². The van der Waals surface area contributed by atoms with E-state index in [4.69, 9.17) is 8.92 Å². The molecule has 0 bridgehead atoms. The first-order chi connectivity index (χ1) is 10.9. The van der Waals surface area contributed by atoms with Crippen LogP contribution in [0.15, 0.2) is 18.2 Å². The number of esters is 1. The Labute approximate surface area is 141 Å². The van der Waals surface area contributed by atoms with Gasteiger partial charge in [-0.15, -0.1) is 0 Å². The fourth-order valence-electron chi connectivity index (χ4n) is 2.07. The lowest BCUT2D eigenvalue weighted by atomic mass is 10.0. The van der Waals surface area contributed by atoms with Gasteiger partial charge in [0.05, 0.1) is 16.7 Å². The number of carbonyl (C=O) groups excluding carboxylic acids is 1. The van der Waals surface area contributed by atoms with E-state index in [1.54, 1.807) is 27.7 Å². The molecule has 0 aliphatic carbocycles. The van der Waals surface area contributed by atoms with Crippen LogP contribution in [0, 0.1) is 10.1 Å². The van der Waals surface area contributed by atoms with Gasteiger partial charge in [0.2, 0.25) is 0 Å². The molecule has 0 aromatic heterocycles. The molecule has 0 fully saturated rings. The summed E-state index contributed by atoms with van der Waals surface area (Å²) in [6.45, 7) is 6.55. The molecule has 0 amide bonds. The number of nitro groups is 1. The normalized spacial score (nSPS) is 13.4. The average molecular weight is 359 g/mol. The van der Waals surface area contributed by atoms with Crippen LogP contribution >= 0.6 is 0 Å². The Balaban J connectivity index is 3.45. The number of hydrogen-bond acceptors (Lipinski definition) is 7. The first kappa shape index (κ1) is 20.0. The minimum Gasteiger partial charge on any atom is -0.456 e. The van der Waals surface area contributed by atoms with Crippen LogP contribution < -0.4 is 0 Å². The fourth-order valence-corrected chi connectivity index (χ4v) is 2.74. The zero-order chi connectivity index (χ0) is 18.7. The van der Waals surface area contributed by atoms with E-state index < -0.39 is 38.4 Å². The van der Waals surface area contributed by atoms with Crippen LogP contribution in [0.5, 0.6) is 0 Å². The van der Waals surface area contributed by atoms with Gasteiger partial charge in [0.15, 0.2) is 0 Å². The SMILES string of the molecule is CC[C@H](OS(C)(=O)=O)c1cccc(C(=O)OC(C)(C)C)c1[N+](=O)[O-]. The van der Waals surface area contributed by atoms with E-state index in [0.717, 1.165) is 6.26 Å². The third kappa shape index (κ3) is 5.57. The summed E-state index contributed by atoms with van der Waals surface area (Å²) in [4.78, 5) is 23.0. The highest BCUT2D eigenvalue weighted by Crippen LogP contribution is 2.34. The standard InChI is InChI=1S/C15H21NO7S/c1-6-12(23-24(5,20)21)10-8-7-9-11(13(10)16(18)19)14(17)22-15(2,3)4/h7-9,12H,6H2,1-5H3/t12-/m0/s1. The molecular formula is C15H21NO7S. The summed E-state index contributed by atoms with van der Waals surface area (Å²) in [6, 6.07) is 4.06. The van der Waals surface area contributed by atoms with Gasteiger partial charge in [-0.3, -0.25) is 14.3 Å². The number of hydrogen-bond donors (Lipinski definition) is 0. The molecule has 0 aliphatic rings. The molecule has 0 N–H and O–H groups in total. The van der Waals surface area contributed by atoms with Gasteiger partial charge < -0.3 is 4.74 Å². The summed E-state index contributed by atoms with van der Waals surface area (Å²) in [7, 11) is -3.83. The molecule has 0 aliphatic heterocycles. The number of rotatable bonds is 6. The minimum atomic E-state index is -3.83. The zero-order valence-electron chi connectivity index (χ0n) is 14.2. The molecule has 1 aromatic carbocycles. The first-order valence-corrected chi connectivity index (χ1v) is 9.06. The number of para-hydroxylation sites is 1. The zero-order valence-corrected chi connectivity index (χ0v) is 15.0. The van der Waals surface area contributed by atoms with Crippen molar-refractivity contribution in [3.05, 3.63) is 39.4 Å². The summed E-state index contributed by atoms with van der Waals surface area (Å²) in [5.41, 5.74) is -1.57. The fraction of sp³-hybridized carbons (Fsp3) is 0.533. The van der Waals surface area contributed by atoms with E-state index in [9.17, 15) is 23.3 Å². The summed E-state index contributed by atoms with van der Waals surface area (Å²) in [5.74, 6) is -0.856. The van der Waals surface area contributed by atoms with Crippen molar-refractivity contribution < 1.29 is 27.1 Å². The number of benzene rings is 1. The topological polar surface area (TPSA) is 113 Å². The van der Waals surface area contributed by atoms with Crippen molar-refractivity contribution >= 4 is 21.8 Å². The average Bonchev–Trinajstić information content (AvgIpc) is 2.41. The van der Waals surface area contributed by atoms with E-state index in [-0.39, 0.29) is 17.5 Å². The summed E-state index contributed by atoms with van der Waals surface area (Å²) >= 11 is 0. The van der Waals surface area contributed by atoms with Crippen LogP contribution in [0.1, 0.15) is 56.1 Å². The Bertz CT molecular complexity index is 735. The number of nitrogens with zero attached hydrogens (tertiary/aromatic N) is 1. The van der Waals surface area contributed by atoms with Gasteiger partial charge in [-0.1, -0.05) is 13.0 Å². The summed E-state index contributed by atoms with van der Waals surface area (Å²) in [5, 5.41) is 11.5. The van der Waals surface area contributed by atoms with Gasteiger partial charge in [0.25, 0.3) is 15.8 Å². The van der Waals surface area contributed by atoms with Gasteiger partial charge in [-0.05, 0) is 39.3 Å². The van der Waals surface area contributed by atoms with Crippen molar-refractivity contribution in [2.45, 2.75) is 45.8 Å². The lowest BCUT2D eigenvalue weighted by Gasteiger charge is -2.20. The Kier molecular flexibility index (Phi) is 6.07. The summed E-state index contributed by atoms with van der Waals surface area (Å²) < 4.78 is 32.9. The predicted molar refractivity (Wildman–Crippen MR) is 87.2 cm³/mol. The number of nitro benzene ring substituents is 1. The van der Waals surface area contributed by atoms with Crippen molar-refractivity contribution in [2.24, 2.45) is 0 Å². The molecule has 0 saturated carbocycles. The van der Waals surface area contributed by atoms with Gasteiger partial charge in [-0.2, -0.15) is 8.42 Å². The molecule has 9 heteroatoms. The van der Waals surface area contributed by atoms with Crippen molar-refractivity contribution in [1.82, 2.24) is 0 Å². The lowest BCUT2D eigenvalue weighted by Crippen LogP contribution is -2.25. The van der Waals surface area contributed by atoms with Crippen LogP contribution in [0.2, 0.25) is 0 Å². The molecule has 24 heavy (non-hydrogen) atoms. The van der Waals surface area contributed by atoms with E-state index in [0.29, 0.717) is 0 Å². The first-order valence-electron chi connectivity index (χ1n) is 7.24. The molecule has 8 nitrogen and oxygen atoms in total. The maximum absolute atomic E-state index is 12.2. The number of ether oxygens (including phenoxy) is 1. The second-order valence-corrected chi connectivity index (χ2v) is 7.80. The van der Waals surface area contributed by atoms with Crippen LogP contribution in [0.25, 0.3) is 0 Å². The maximum atomic E-state index is 12.2. The molecule has 1 atom stereocenters. The molecule has 1 aromatic rings. The quantitative estimate of drug-likeness (QED) is 0.332. The third-order valence-electron chi connectivity index (χ3n) is 2.88. The van der Waals surface area contributed by atoms with E-state index in [1.165, 1.54) is 18.2 Å². The van der Waals surface area contributed by atoms with Crippen molar-refractivity contribution in [3.8, 4) is 0 Å². The highest BCUT2D eigenvalue weighted by Gasteiger charge is 2.32. The number of carbonyl (C=O) groups is 1. The second-order valence-electron chi connectivity index (χ2n) is 6.20. The molecule has 1 rings (SSSR count). The monoisotopic (exact) mass is 359 g/mol. The van der Waals surface area contributed by atoms with Gasteiger partial charge in [0, 0.05) is 0 Å². The van der Waals surface area contributed by atoms with Crippen molar-refractivity contribution in [2.75, 3.05) is 6.26 Å². The molecule has 0 heterocycles. The predicted octanol–water partition coefficient (Wildman–Crippen LogP) is 2.98. The summed E-state index contributed by atoms with van der Waals surface area (Å²) in [6.07, 6.45) is -0.0342. The van der Waals surface area contributed by atoms with Gasteiger partial charge >= 0.3 is 5.97 Å². The van der Waals surface area contributed by atoms with Crippen molar-refractivity contribution in [1.29, 1.82) is 0 Å². The Morgan fingerprint density at radius 3 is 2.33 bits per heavy atom. The molecule has 0 saturated heterocycles. The molecule has 0 spiro atoms. The molecule has 0 unspecified atom stereocenters. The maximum Gasteiger partial charge on any atom is 0.345 e. The minimum absolute atomic E-state index is 0.0104. The van der Waals surface area contributed by atoms with Crippen molar-refractivity contribution in [3.63, 3.8) is 0 Å². The van der Waals surface area contributed by atoms with Crippen LogP contribution in [-0.2, 0) is 19.0 Å².